The van der Waals surface area contributed by atoms with Gasteiger partial charge in [0.1, 0.15) is 4.70 Å². The quantitative estimate of drug-likeness (QED) is 0.353. The number of nitrogens with zero attached hydrogens (tertiary/aromatic N) is 2. The fraction of sp³-hybridized carbons (Fsp3) is 0.0952. The number of carbonyl (C=O) groups is 1. The molecule has 0 saturated carbocycles. The van der Waals surface area contributed by atoms with Crippen LogP contribution in [0.1, 0.15) is 5.56 Å². The number of hydrogen-bond acceptors (Lipinski definition) is 5. The van der Waals surface area contributed by atoms with Crippen LogP contribution in [0.15, 0.2) is 76.0 Å². The number of rotatable bonds is 6. The Kier molecular flexibility index (Phi) is 5.99. The van der Waals surface area contributed by atoms with E-state index in [1.807, 2.05) is 41.8 Å². The molecule has 0 aliphatic carbocycles. The number of halogens is 1. The zero-order valence-corrected chi connectivity index (χ0v) is 17.6. The molecular formula is C21H16ClN3O2S2. The van der Waals surface area contributed by atoms with Gasteiger partial charge in [0.25, 0.3) is 5.56 Å². The Morgan fingerprint density at radius 1 is 1.14 bits per heavy atom. The van der Waals surface area contributed by atoms with Crippen molar-refractivity contribution < 1.29 is 4.79 Å². The van der Waals surface area contributed by atoms with Crippen LogP contribution in [-0.2, 0) is 11.3 Å². The van der Waals surface area contributed by atoms with Crippen LogP contribution >= 0.6 is 34.7 Å². The lowest BCUT2D eigenvalue weighted by Gasteiger charge is -2.12. The molecule has 0 aliphatic heterocycles. The van der Waals surface area contributed by atoms with Crippen LogP contribution in [0.25, 0.3) is 15.9 Å². The summed E-state index contributed by atoms with van der Waals surface area (Å²) < 4.78 is 2.09. The fourth-order valence-corrected chi connectivity index (χ4v) is 4.60. The summed E-state index contributed by atoms with van der Waals surface area (Å²) in [6, 6.07) is 18.6. The lowest BCUT2D eigenvalue weighted by molar-refractivity contribution is -0.118. The van der Waals surface area contributed by atoms with E-state index in [-0.39, 0.29) is 17.2 Å². The standard InChI is InChI=1S/C21H16ClN3O2S2/c22-15-7-4-8-16(11-15)25-20(27)19-17(9-10-28-19)24-21(25)29-13-18(26)23-12-14-5-2-1-3-6-14/h1-11H,12-13H2,(H,23,26). The van der Waals surface area contributed by atoms with E-state index in [4.69, 9.17) is 11.6 Å². The van der Waals surface area contributed by atoms with Gasteiger partial charge in [-0.2, -0.15) is 0 Å². The second kappa shape index (κ2) is 8.82. The van der Waals surface area contributed by atoms with Gasteiger partial charge in [-0.05, 0) is 35.2 Å². The summed E-state index contributed by atoms with van der Waals surface area (Å²) >= 11 is 8.69. The van der Waals surface area contributed by atoms with Crippen molar-refractivity contribution in [1.82, 2.24) is 14.9 Å². The number of carbonyl (C=O) groups excluding carboxylic acids is 1. The van der Waals surface area contributed by atoms with Crippen molar-refractivity contribution in [2.45, 2.75) is 11.7 Å². The third kappa shape index (κ3) is 4.53. The summed E-state index contributed by atoms with van der Waals surface area (Å²) in [5.74, 6) is 0.0197. The molecule has 1 amide bonds. The van der Waals surface area contributed by atoms with Gasteiger partial charge in [0.2, 0.25) is 5.91 Å². The van der Waals surface area contributed by atoms with E-state index >= 15 is 0 Å². The van der Waals surface area contributed by atoms with E-state index in [2.05, 4.69) is 10.3 Å². The molecule has 0 fully saturated rings. The number of amides is 1. The SMILES string of the molecule is O=C(CSc1nc2ccsc2c(=O)n1-c1cccc(Cl)c1)NCc1ccccc1. The first-order valence-electron chi connectivity index (χ1n) is 8.81. The molecule has 2 heterocycles. The number of benzene rings is 2. The average Bonchev–Trinajstić information content (AvgIpc) is 3.20. The van der Waals surface area contributed by atoms with E-state index in [1.54, 1.807) is 24.3 Å². The number of aromatic nitrogens is 2. The highest BCUT2D eigenvalue weighted by Crippen LogP contribution is 2.24. The first-order valence-corrected chi connectivity index (χ1v) is 11.1. The Bertz CT molecular complexity index is 1220. The number of fused-ring (bicyclic) bond motifs is 1. The Morgan fingerprint density at radius 3 is 2.76 bits per heavy atom. The predicted molar refractivity (Wildman–Crippen MR) is 119 cm³/mol. The third-order valence-corrected chi connectivity index (χ3v) is 6.25. The molecule has 146 valence electrons. The van der Waals surface area contributed by atoms with Crippen LogP contribution in [0.3, 0.4) is 0 Å². The second-order valence-corrected chi connectivity index (χ2v) is 8.50. The van der Waals surface area contributed by atoms with E-state index in [1.165, 1.54) is 27.7 Å². The van der Waals surface area contributed by atoms with Gasteiger partial charge in [0.05, 0.1) is 17.0 Å². The molecule has 0 atom stereocenters. The first kappa shape index (κ1) is 19.7. The Hall–Kier alpha value is -2.61. The van der Waals surface area contributed by atoms with Gasteiger partial charge in [-0.1, -0.05) is 59.8 Å². The normalized spacial score (nSPS) is 10.9. The summed E-state index contributed by atoms with van der Waals surface area (Å²) in [7, 11) is 0. The highest BCUT2D eigenvalue weighted by molar-refractivity contribution is 7.99. The minimum Gasteiger partial charge on any atom is -0.351 e. The van der Waals surface area contributed by atoms with Gasteiger partial charge in [-0.25, -0.2) is 4.98 Å². The van der Waals surface area contributed by atoms with Crippen molar-refractivity contribution in [1.29, 1.82) is 0 Å². The van der Waals surface area contributed by atoms with E-state index in [0.717, 1.165) is 5.56 Å². The molecule has 2 aromatic heterocycles. The molecule has 1 N–H and O–H groups in total. The van der Waals surface area contributed by atoms with Crippen molar-refractivity contribution in [3.8, 4) is 5.69 Å². The average molecular weight is 442 g/mol. The highest BCUT2D eigenvalue weighted by atomic mass is 35.5. The smallest absolute Gasteiger partial charge is 0.276 e. The molecule has 0 unspecified atom stereocenters. The van der Waals surface area contributed by atoms with Crippen molar-refractivity contribution in [3.63, 3.8) is 0 Å². The zero-order chi connectivity index (χ0) is 20.2. The van der Waals surface area contributed by atoms with Crippen molar-refractivity contribution >= 4 is 50.8 Å². The number of thiophene rings is 1. The lowest BCUT2D eigenvalue weighted by atomic mass is 10.2. The van der Waals surface area contributed by atoms with Crippen LogP contribution < -0.4 is 10.9 Å². The fourth-order valence-electron chi connectivity index (χ4n) is 2.81. The summed E-state index contributed by atoms with van der Waals surface area (Å²) in [5.41, 5.74) is 2.11. The molecule has 5 nitrogen and oxygen atoms in total. The number of thioether (sulfide) groups is 1. The van der Waals surface area contributed by atoms with Crippen LogP contribution in [0.5, 0.6) is 0 Å². The molecule has 29 heavy (non-hydrogen) atoms. The van der Waals surface area contributed by atoms with Crippen molar-refractivity contribution in [3.05, 3.63) is 87.0 Å². The first-order chi connectivity index (χ1) is 14.1. The van der Waals surface area contributed by atoms with Gasteiger partial charge in [0.15, 0.2) is 5.16 Å². The van der Waals surface area contributed by atoms with Crippen LogP contribution in [-0.4, -0.2) is 21.2 Å². The van der Waals surface area contributed by atoms with Gasteiger partial charge < -0.3 is 5.32 Å². The minimum absolute atomic E-state index is 0.129. The van der Waals surface area contributed by atoms with Crippen LogP contribution in [0.2, 0.25) is 5.02 Å². The maximum atomic E-state index is 13.1. The monoisotopic (exact) mass is 441 g/mol. The maximum absolute atomic E-state index is 13.1. The van der Waals surface area contributed by atoms with Gasteiger partial charge >= 0.3 is 0 Å². The second-order valence-electron chi connectivity index (χ2n) is 6.20. The molecule has 0 bridgehead atoms. The molecule has 0 radical (unpaired) electrons. The molecule has 2 aromatic carbocycles. The molecule has 0 saturated heterocycles. The Labute approximate surface area is 180 Å². The Balaban J connectivity index is 1.58. The van der Waals surface area contributed by atoms with Gasteiger partial charge in [0, 0.05) is 11.6 Å². The third-order valence-electron chi connectivity index (χ3n) is 4.18. The molecule has 0 spiro atoms. The molecule has 4 aromatic rings. The zero-order valence-electron chi connectivity index (χ0n) is 15.2. The summed E-state index contributed by atoms with van der Waals surface area (Å²) in [6.07, 6.45) is 0. The number of hydrogen-bond donors (Lipinski definition) is 1. The highest BCUT2D eigenvalue weighted by Gasteiger charge is 2.16. The summed E-state index contributed by atoms with van der Waals surface area (Å²) in [5, 5.41) is 5.71. The molecule has 0 aliphatic rings. The predicted octanol–water partition coefficient (Wildman–Crippen LogP) is 4.51. The van der Waals surface area contributed by atoms with Crippen LogP contribution in [0, 0.1) is 0 Å². The molecule has 8 heteroatoms. The summed E-state index contributed by atoms with van der Waals surface area (Å²) in [6.45, 7) is 0.457. The molecule has 4 rings (SSSR count). The van der Waals surface area contributed by atoms with Crippen molar-refractivity contribution in [2.24, 2.45) is 0 Å². The van der Waals surface area contributed by atoms with E-state index < -0.39 is 0 Å². The van der Waals surface area contributed by atoms with Crippen molar-refractivity contribution in [2.75, 3.05) is 5.75 Å². The number of nitrogens with one attached hydrogen (secondary N) is 1. The largest absolute Gasteiger partial charge is 0.351 e. The maximum Gasteiger partial charge on any atom is 0.276 e. The topological polar surface area (TPSA) is 64.0 Å². The molecular weight excluding hydrogens is 426 g/mol. The summed E-state index contributed by atoms with van der Waals surface area (Å²) in [4.78, 5) is 30.0. The minimum atomic E-state index is -0.167. The van der Waals surface area contributed by atoms with Gasteiger partial charge in [-0.3, -0.25) is 14.2 Å². The van der Waals surface area contributed by atoms with E-state index in [0.29, 0.717) is 32.6 Å². The lowest BCUT2D eigenvalue weighted by Crippen LogP contribution is -2.26. The van der Waals surface area contributed by atoms with E-state index in [9.17, 15) is 9.59 Å². The Morgan fingerprint density at radius 2 is 1.97 bits per heavy atom. The van der Waals surface area contributed by atoms with Crippen LogP contribution in [0.4, 0.5) is 0 Å². The van der Waals surface area contributed by atoms with Gasteiger partial charge in [-0.15, -0.1) is 11.3 Å².